The molecular weight excluding hydrogens is 408 g/mol. The second kappa shape index (κ2) is 8.84. The third kappa shape index (κ3) is 4.36. The number of aromatic nitrogens is 1. The van der Waals surface area contributed by atoms with E-state index in [1.165, 1.54) is 0 Å². The van der Waals surface area contributed by atoms with Gasteiger partial charge < -0.3 is 20.1 Å². The lowest BCUT2D eigenvalue weighted by Gasteiger charge is -2.20. The van der Waals surface area contributed by atoms with Gasteiger partial charge in [0, 0.05) is 17.6 Å². The van der Waals surface area contributed by atoms with Crippen molar-refractivity contribution >= 4 is 34.3 Å². The topological polar surface area (TPSA) is 92.8 Å². The summed E-state index contributed by atoms with van der Waals surface area (Å²) in [5.41, 5.74) is 3.26. The first-order chi connectivity index (χ1) is 15.7. The summed E-state index contributed by atoms with van der Waals surface area (Å²) in [5, 5.41) is 7.31. The Hall–Kier alpha value is -3.65. The van der Waals surface area contributed by atoms with Crippen molar-refractivity contribution in [3.63, 3.8) is 0 Å². The van der Waals surface area contributed by atoms with Crippen LogP contribution in [0.1, 0.15) is 18.5 Å². The fourth-order valence-electron chi connectivity index (χ4n) is 4.00. The number of fused-ring (bicyclic) bond motifs is 2. The molecule has 2 amide bonds. The van der Waals surface area contributed by atoms with Gasteiger partial charge in [-0.2, -0.15) is 0 Å². The lowest BCUT2D eigenvalue weighted by molar-refractivity contribution is -0.118. The Morgan fingerprint density at radius 1 is 1.12 bits per heavy atom. The predicted molar refractivity (Wildman–Crippen MR) is 121 cm³/mol. The van der Waals surface area contributed by atoms with E-state index < -0.39 is 0 Å². The maximum Gasteiger partial charge on any atom is 0.414 e. The molecule has 0 radical (unpaired) electrons. The normalized spacial score (nSPS) is 17.6. The second-order valence-electron chi connectivity index (χ2n) is 7.95. The summed E-state index contributed by atoms with van der Waals surface area (Å²) in [6, 6.07) is 17.5. The van der Waals surface area contributed by atoms with Crippen LogP contribution in [0.25, 0.3) is 10.9 Å². The summed E-state index contributed by atoms with van der Waals surface area (Å²) in [6.07, 6.45) is 1.12. The highest BCUT2D eigenvalue weighted by Gasteiger charge is 2.32. The van der Waals surface area contributed by atoms with Crippen LogP contribution in [0.3, 0.4) is 0 Å². The van der Waals surface area contributed by atoms with Gasteiger partial charge in [0.2, 0.25) is 0 Å². The summed E-state index contributed by atoms with van der Waals surface area (Å²) in [4.78, 5) is 30.2. The molecule has 3 heterocycles. The lowest BCUT2D eigenvalue weighted by Crippen LogP contribution is -2.27. The minimum Gasteiger partial charge on any atom is -0.482 e. The molecule has 2 aromatic carbocycles. The van der Waals surface area contributed by atoms with Crippen LogP contribution in [0, 0.1) is 0 Å². The van der Waals surface area contributed by atoms with E-state index in [9.17, 15) is 9.59 Å². The summed E-state index contributed by atoms with van der Waals surface area (Å²) in [7, 11) is 0. The molecule has 2 N–H and O–H groups in total. The maximum atomic E-state index is 12.4. The van der Waals surface area contributed by atoms with Gasteiger partial charge in [0.05, 0.1) is 23.4 Å². The quantitative estimate of drug-likeness (QED) is 0.556. The van der Waals surface area contributed by atoms with Crippen molar-refractivity contribution in [2.75, 3.05) is 29.9 Å². The molecule has 2 aliphatic heterocycles. The van der Waals surface area contributed by atoms with E-state index in [-0.39, 0.29) is 24.7 Å². The Bertz CT molecular complexity index is 1170. The number of nitrogens with zero attached hydrogens (tertiary/aromatic N) is 2. The van der Waals surface area contributed by atoms with E-state index in [2.05, 4.69) is 27.8 Å². The molecule has 1 atom stereocenters. The van der Waals surface area contributed by atoms with E-state index in [0.717, 1.165) is 36.0 Å². The smallest absolute Gasteiger partial charge is 0.414 e. The Morgan fingerprint density at radius 2 is 2.03 bits per heavy atom. The molecule has 0 aliphatic carbocycles. The highest BCUT2D eigenvalue weighted by Crippen LogP contribution is 2.33. The summed E-state index contributed by atoms with van der Waals surface area (Å²) in [5.74, 6) is 0.396. The van der Waals surface area contributed by atoms with Crippen LogP contribution < -0.4 is 20.3 Å². The molecule has 0 saturated carbocycles. The van der Waals surface area contributed by atoms with Gasteiger partial charge in [-0.1, -0.05) is 24.3 Å². The van der Waals surface area contributed by atoms with Crippen molar-refractivity contribution < 1.29 is 19.1 Å². The standard InChI is InChI=1S/C24H24N4O4/c29-23-15-31-22-10-9-18(12-21(22)27-23)28-14-19(32-24(28)30)5-3-11-25-13-17-8-7-16-4-1-2-6-20(16)26-17/h1-2,4,6-10,12,19,25H,3,5,11,13-15H2,(H,27,29). The number of para-hydroxylation sites is 1. The second-order valence-corrected chi connectivity index (χ2v) is 7.95. The molecular formula is C24H24N4O4. The molecule has 164 valence electrons. The third-order valence-electron chi connectivity index (χ3n) is 5.62. The van der Waals surface area contributed by atoms with Gasteiger partial charge in [0.15, 0.2) is 6.61 Å². The highest BCUT2D eigenvalue weighted by atomic mass is 16.6. The Kier molecular flexibility index (Phi) is 5.60. The van der Waals surface area contributed by atoms with Gasteiger partial charge in [-0.15, -0.1) is 0 Å². The summed E-state index contributed by atoms with van der Waals surface area (Å²) < 4.78 is 10.9. The molecule has 1 aromatic heterocycles. The number of amides is 2. The van der Waals surface area contributed by atoms with E-state index in [1.54, 1.807) is 23.1 Å². The molecule has 5 rings (SSSR count). The number of nitrogens with one attached hydrogen (secondary N) is 2. The number of cyclic esters (lactones) is 1. The van der Waals surface area contributed by atoms with Crippen molar-refractivity contribution in [1.82, 2.24) is 10.3 Å². The first kappa shape index (κ1) is 20.3. The number of pyridine rings is 1. The number of benzene rings is 2. The van der Waals surface area contributed by atoms with Crippen LogP contribution in [-0.4, -0.2) is 42.8 Å². The van der Waals surface area contributed by atoms with E-state index in [1.807, 2.05) is 24.3 Å². The molecule has 3 aromatic rings. The number of carbonyl (C=O) groups excluding carboxylic acids is 2. The SMILES string of the molecule is O=C1COc2ccc(N3CC(CCCNCc4ccc5ccccc5n4)OC3=O)cc2N1. The monoisotopic (exact) mass is 432 g/mol. The van der Waals surface area contributed by atoms with Crippen molar-refractivity contribution in [2.24, 2.45) is 0 Å². The average molecular weight is 432 g/mol. The first-order valence-corrected chi connectivity index (χ1v) is 10.8. The minimum atomic E-state index is -0.369. The van der Waals surface area contributed by atoms with Crippen LogP contribution >= 0.6 is 0 Å². The summed E-state index contributed by atoms with van der Waals surface area (Å²) in [6.45, 7) is 2.00. The highest BCUT2D eigenvalue weighted by molar-refractivity contribution is 5.97. The zero-order chi connectivity index (χ0) is 21.9. The number of anilines is 2. The number of hydrogen-bond donors (Lipinski definition) is 2. The lowest BCUT2D eigenvalue weighted by atomic mass is 10.1. The average Bonchev–Trinajstić information content (AvgIpc) is 3.18. The van der Waals surface area contributed by atoms with Crippen molar-refractivity contribution in [3.05, 3.63) is 60.3 Å². The zero-order valence-electron chi connectivity index (χ0n) is 17.5. The van der Waals surface area contributed by atoms with Gasteiger partial charge in [-0.3, -0.25) is 14.7 Å². The largest absolute Gasteiger partial charge is 0.482 e. The molecule has 1 unspecified atom stereocenters. The number of carbonyl (C=O) groups is 2. The van der Waals surface area contributed by atoms with Crippen LogP contribution in [-0.2, 0) is 16.1 Å². The maximum absolute atomic E-state index is 12.4. The molecule has 1 fully saturated rings. The van der Waals surface area contributed by atoms with Crippen LogP contribution in [0.5, 0.6) is 5.75 Å². The minimum absolute atomic E-state index is 0.00510. The molecule has 0 bridgehead atoms. The van der Waals surface area contributed by atoms with E-state index in [0.29, 0.717) is 30.2 Å². The van der Waals surface area contributed by atoms with Crippen molar-refractivity contribution in [1.29, 1.82) is 0 Å². The summed E-state index contributed by atoms with van der Waals surface area (Å²) >= 11 is 0. The Balaban J connectivity index is 1.10. The fraction of sp³-hybridized carbons (Fsp3) is 0.292. The third-order valence-corrected chi connectivity index (χ3v) is 5.62. The Morgan fingerprint density at radius 3 is 2.97 bits per heavy atom. The molecule has 32 heavy (non-hydrogen) atoms. The Labute approximate surface area is 185 Å². The van der Waals surface area contributed by atoms with Gasteiger partial charge >= 0.3 is 6.09 Å². The molecule has 2 aliphatic rings. The molecule has 0 spiro atoms. The van der Waals surface area contributed by atoms with Crippen molar-refractivity contribution in [3.8, 4) is 5.75 Å². The molecule has 8 heteroatoms. The van der Waals surface area contributed by atoms with Gasteiger partial charge in [-0.25, -0.2) is 4.79 Å². The fourth-order valence-corrected chi connectivity index (χ4v) is 4.00. The van der Waals surface area contributed by atoms with Gasteiger partial charge in [-0.05, 0) is 49.7 Å². The zero-order valence-corrected chi connectivity index (χ0v) is 17.5. The number of rotatable bonds is 7. The van der Waals surface area contributed by atoms with Gasteiger partial charge in [0.1, 0.15) is 11.9 Å². The van der Waals surface area contributed by atoms with E-state index in [4.69, 9.17) is 9.47 Å². The van der Waals surface area contributed by atoms with Crippen LogP contribution in [0.2, 0.25) is 0 Å². The van der Waals surface area contributed by atoms with Crippen LogP contribution in [0.15, 0.2) is 54.6 Å². The predicted octanol–water partition coefficient (Wildman–Crippen LogP) is 3.46. The van der Waals surface area contributed by atoms with E-state index >= 15 is 0 Å². The number of ether oxygens (including phenoxy) is 2. The molecule has 1 saturated heterocycles. The van der Waals surface area contributed by atoms with Crippen molar-refractivity contribution in [2.45, 2.75) is 25.5 Å². The molecule has 8 nitrogen and oxygen atoms in total. The van der Waals surface area contributed by atoms with Gasteiger partial charge in [0.25, 0.3) is 5.91 Å². The van der Waals surface area contributed by atoms with Crippen LogP contribution in [0.4, 0.5) is 16.2 Å². The number of hydrogen-bond acceptors (Lipinski definition) is 6. The first-order valence-electron chi connectivity index (χ1n) is 10.8.